The molecule has 198 valence electrons. The normalized spacial score (nSPS) is 15.0. The van der Waals surface area contributed by atoms with Crippen LogP contribution in [0.1, 0.15) is 63.7 Å². The summed E-state index contributed by atoms with van der Waals surface area (Å²) < 4.78 is 11.3. The van der Waals surface area contributed by atoms with Gasteiger partial charge in [-0.1, -0.05) is 27.7 Å². The number of ether oxygens (including phenoxy) is 1. The number of ketones is 2. The van der Waals surface area contributed by atoms with Gasteiger partial charge in [0.25, 0.3) is 5.95 Å². The van der Waals surface area contributed by atoms with Gasteiger partial charge in [0, 0.05) is 61.8 Å². The Morgan fingerprint density at radius 2 is 1.54 bits per heavy atom. The molecule has 1 aliphatic carbocycles. The third-order valence-corrected chi connectivity index (χ3v) is 6.67. The molecule has 2 N–H and O–H groups in total. The zero-order chi connectivity index (χ0) is 26.7. The summed E-state index contributed by atoms with van der Waals surface area (Å²) in [4.78, 5) is 31.1. The van der Waals surface area contributed by atoms with Gasteiger partial charge in [-0.2, -0.15) is 0 Å². The lowest BCUT2D eigenvalue weighted by molar-refractivity contribution is -0.111. The van der Waals surface area contributed by atoms with E-state index in [1.165, 1.54) is 0 Å². The number of benzene rings is 1. The first-order chi connectivity index (χ1) is 17.8. The second kappa shape index (κ2) is 11.2. The van der Waals surface area contributed by atoms with E-state index in [9.17, 15) is 19.8 Å². The molecule has 37 heavy (non-hydrogen) atoms. The van der Waals surface area contributed by atoms with Crippen LogP contribution >= 0.6 is 0 Å². The largest absolute Gasteiger partial charge is 0.507 e. The average molecular weight is 509 g/mol. The summed E-state index contributed by atoms with van der Waals surface area (Å²) in [6.07, 6.45) is 7.08. The van der Waals surface area contributed by atoms with Crippen LogP contribution < -0.4 is 4.90 Å². The first-order valence-electron chi connectivity index (χ1n) is 13.2. The zero-order valence-electron chi connectivity index (χ0n) is 22.1. The Morgan fingerprint density at radius 3 is 2.16 bits per heavy atom. The lowest BCUT2D eigenvalue weighted by Crippen LogP contribution is -2.26. The number of carbonyl (C=O) groups is 2. The van der Waals surface area contributed by atoms with Crippen molar-refractivity contribution in [3.63, 3.8) is 0 Å². The van der Waals surface area contributed by atoms with Gasteiger partial charge in [-0.25, -0.2) is 0 Å². The molecule has 0 unspecified atom stereocenters. The zero-order valence-corrected chi connectivity index (χ0v) is 22.1. The molecule has 0 amide bonds. The van der Waals surface area contributed by atoms with Crippen LogP contribution in [0.15, 0.2) is 51.3 Å². The number of phenolic OH excluding ortho intramolecular Hbond substituents is 1. The molecule has 0 fully saturated rings. The molecule has 0 bridgehead atoms. The third kappa shape index (κ3) is 4.97. The highest BCUT2D eigenvalue weighted by Gasteiger charge is 2.37. The fourth-order valence-electron chi connectivity index (χ4n) is 5.12. The summed E-state index contributed by atoms with van der Waals surface area (Å²) in [5, 5.41) is 21.7. The maximum absolute atomic E-state index is 13.6. The Bertz CT molecular complexity index is 1290. The van der Waals surface area contributed by atoms with E-state index in [0.29, 0.717) is 5.76 Å². The van der Waals surface area contributed by atoms with E-state index in [4.69, 9.17) is 9.15 Å². The van der Waals surface area contributed by atoms with Crippen LogP contribution in [-0.4, -0.2) is 59.5 Å². The van der Waals surface area contributed by atoms with Crippen LogP contribution in [0, 0.1) is 0 Å². The molecule has 1 aliphatic heterocycles. The van der Waals surface area contributed by atoms with Crippen molar-refractivity contribution in [2.24, 2.45) is 0 Å². The van der Waals surface area contributed by atoms with E-state index in [1.807, 2.05) is 0 Å². The molecular formula is C29H36N2O6. The van der Waals surface area contributed by atoms with Gasteiger partial charge in [0.1, 0.15) is 29.3 Å². The predicted molar refractivity (Wildman–Crippen MR) is 143 cm³/mol. The Morgan fingerprint density at radius 1 is 0.919 bits per heavy atom. The minimum Gasteiger partial charge on any atom is -0.507 e. The molecule has 1 aromatic carbocycles. The predicted octanol–water partition coefficient (Wildman–Crippen LogP) is 5.45. The van der Waals surface area contributed by atoms with Crippen LogP contribution in [-0.2, 0) is 9.53 Å². The number of aromatic hydroxyl groups is 2. The molecule has 1 aromatic heterocycles. The van der Waals surface area contributed by atoms with Crippen LogP contribution in [0.25, 0.3) is 11.0 Å². The first kappa shape index (κ1) is 26.4. The molecule has 0 saturated heterocycles. The molecule has 4 rings (SSSR count). The second-order valence-corrected chi connectivity index (χ2v) is 9.51. The molecule has 2 heterocycles. The van der Waals surface area contributed by atoms with Gasteiger partial charge >= 0.3 is 0 Å². The number of hydrogen-bond donors (Lipinski definition) is 2. The lowest BCUT2D eigenvalue weighted by atomic mass is 9.93. The molecular weight excluding hydrogens is 472 g/mol. The van der Waals surface area contributed by atoms with Crippen LogP contribution in [0.2, 0.25) is 0 Å². The maximum atomic E-state index is 13.6. The average Bonchev–Trinajstić information content (AvgIpc) is 3.44. The van der Waals surface area contributed by atoms with E-state index in [-0.39, 0.29) is 45.8 Å². The third-order valence-electron chi connectivity index (χ3n) is 6.67. The van der Waals surface area contributed by atoms with Crippen molar-refractivity contribution in [2.45, 2.75) is 53.4 Å². The summed E-state index contributed by atoms with van der Waals surface area (Å²) in [6.45, 7) is 11.4. The van der Waals surface area contributed by atoms with E-state index >= 15 is 0 Å². The SMILES string of the molecule is CCCN(CCC)C1=CC(=O)C2=C(C(=O)c3c(O)oc4cc(N(CCC)CCC)cc(O)c34)COC2=C1. The van der Waals surface area contributed by atoms with Gasteiger partial charge in [-0.05, 0) is 25.7 Å². The van der Waals surface area contributed by atoms with Crippen molar-refractivity contribution < 1.29 is 29.0 Å². The van der Waals surface area contributed by atoms with Gasteiger partial charge in [-0.15, -0.1) is 0 Å². The number of Topliss-reactive ketones (excluding diaryl/α,β-unsaturated/α-hetero) is 1. The smallest absolute Gasteiger partial charge is 0.294 e. The lowest BCUT2D eigenvalue weighted by Gasteiger charge is -2.26. The number of phenols is 1. The van der Waals surface area contributed by atoms with Crippen molar-refractivity contribution in [1.82, 2.24) is 4.90 Å². The minimum atomic E-state index is -0.596. The molecule has 0 spiro atoms. The monoisotopic (exact) mass is 508 g/mol. The van der Waals surface area contributed by atoms with Crippen molar-refractivity contribution >= 4 is 28.2 Å². The fourth-order valence-corrected chi connectivity index (χ4v) is 5.12. The van der Waals surface area contributed by atoms with E-state index in [2.05, 4.69) is 37.5 Å². The van der Waals surface area contributed by atoms with Crippen LogP contribution in [0.3, 0.4) is 0 Å². The second-order valence-electron chi connectivity index (χ2n) is 9.51. The van der Waals surface area contributed by atoms with E-state index in [0.717, 1.165) is 63.2 Å². The van der Waals surface area contributed by atoms with Crippen LogP contribution in [0.4, 0.5) is 5.69 Å². The maximum Gasteiger partial charge on any atom is 0.294 e. The Hall–Kier alpha value is -3.68. The summed E-state index contributed by atoms with van der Waals surface area (Å²) in [5.74, 6) is -1.30. The Balaban J connectivity index is 1.72. The Labute approximate surface area is 217 Å². The summed E-state index contributed by atoms with van der Waals surface area (Å²) in [7, 11) is 0. The number of fused-ring (bicyclic) bond motifs is 2. The highest BCUT2D eigenvalue weighted by molar-refractivity contribution is 6.24. The molecule has 0 radical (unpaired) electrons. The molecule has 0 saturated carbocycles. The number of allylic oxidation sites excluding steroid dienone is 3. The number of furan rings is 1. The van der Waals surface area contributed by atoms with Gasteiger partial charge in [0.2, 0.25) is 5.78 Å². The number of nitrogens with zero attached hydrogens (tertiary/aromatic N) is 2. The number of anilines is 1. The van der Waals surface area contributed by atoms with Crippen molar-refractivity contribution in [2.75, 3.05) is 37.7 Å². The molecule has 8 nitrogen and oxygen atoms in total. The van der Waals surface area contributed by atoms with Crippen molar-refractivity contribution in [1.29, 1.82) is 0 Å². The fraction of sp³-hybridized carbons (Fsp3) is 0.448. The summed E-state index contributed by atoms with van der Waals surface area (Å²) in [6, 6.07) is 3.31. The van der Waals surface area contributed by atoms with E-state index < -0.39 is 11.7 Å². The number of hydrogen-bond acceptors (Lipinski definition) is 8. The number of carbonyl (C=O) groups excluding carboxylic acids is 2. The summed E-state index contributed by atoms with van der Waals surface area (Å²) in [5.41, 5.74) is 1.91. The highest BCUT2D eigenvalue weighted by Crippen LogP contribution is 2.42. The number of rotatable bonds is 12. The topological polar surface area (TPSA) is 103 Å². The molecule has 2 aromatic rings. The van der Waals surface area contributed by atoms with Crippen molar-refractivity contribution in [3.05, 3.63) is 52.5 Å². The van der Waals surface area contributed by atoms with Crippen LogP contribution in [0.5, 0.6) is 11.7 Å². The molecule has 8 heteroatoms. The van der Waals surface area contributed by atoms with Gasteiger partial charge in [0.15, 0.2) is 5.78 Å². The van der Waals surface area contributed by atoms with Gasteiger partial charge < -0.3 is 29.2 Å². The van der Waals surface area contributed by atoms with Crippen molar-refractivity contribution in [3.8, 4) is 11.7 Å². The minimum absolute atomic E-state index is 0.0971. The first-order valence-corrected chi connectivity index (χ1v) is 13.2. The highest BCUT2D eigenvalue weighted by atomic mass is 16.5. The Kier molecular flexibility index (Phi) is 7.95. The summed E-state index contributed by atoms with van der Waals surface area (Å²) >= 11 is 0. The van der Waals surface area contributed by atoms with Gasteiger partial charge in [0.05, 0.1) is 16.5 Å². The van der Waals surface area contributed by atoms with E-state index in [1.54, 1.807) is 24.3 Å². The molecule has 0 atom stereocenters. The molecule has 2 aliphatic rings. The van der Waals surface area contributed by atoms with Gasteiger partial charge in [-0.3, -0.25) is 9.59 Å². The quantitative estimate of drug-likeness (QED) is 0.365. The standard InChI is InChI=1S/C29H36N2O6/c1-5-9-30(10-6-2)18-13-21(32)25-20(17-36-23(25)15-18)28(34)27-26-22(33)14-19(16-24(26)37-29(27)35)31(11-7-3)12-8-4/h13-16,33,35H,5-12,17H2,1-4H3.